The molecule has 0 bridgehead atoms. The lowest BCUT2D eigenvalue weighted by Gasteiger charge is -2.30. The molecule has 7 N–H and O–H groups in total. The van der Waals surface area contributed by atoms with Gasteiger partial charge in [0.2, 0.25) is 5.91 Å². The number of aldehydes is 1. The molecule has 2 aromatic rings. The van der Waals surface area contributed by atoms with Crippen LogP contribution in [0.15, 0.2) is 36.4 Å². The number of aryl methyl sites for hydroxylation is 2. The number of rotatable bonds is 8. The Kier molecular flexibility index (Phi) is 8.35. The van der Waals surface area contributed by atoms with E-state index in [1.807, 2.05) is 52.0 Å². The average Bonchev–Trinajstić information content (AvgIpc) is 2.74. The molecule has 0 aliphatic heterocycles. The summed E-state index contributed by atoms with van der Waals surface area (Å²) in [6.45, 7) is 7.92. The minimum Gasteiger partial charge on any atom is -0.384 e. The van der Waals surface area contributed by atoms with Crippen LogP contribution in [0.4, 0.5) is 11.4 Å². The highest BCUT2D eigenvalue weighted by molar-refractivity contribution is 5.97. The largest absolute Gasteiger partial charge is 0.384 e. The van der Waals surface area contributed by atoms with Crippen molar-refractivity contribution in [2.75, 3.05) is 16.8 Å². The molecular weight excluding hydrogens is 418 g/mol. The van der Waals surface area contributed by atoms with Crippen molar-refractivity contribution >= 4 is 29.4 Å². The number of nitrogen functional groups attached to an aromatic ring is 1. The van der Waals surface area contributed by atoms with Crippen molar-refractivity contribution in [3.63, 3.8) is 0 Å². The van der Waals surface area contributed by atoms with Crippen molar-refractivity contribution in [2.24, 2.45) is 11.5 Å². The van der Waals surface area contributed by atoms with Gasteiger partial charge in [0, 0.05) is 28.5 Å². The zero-order chi connectivity index (χ0) is 24.8. The molecule has 1 atom stereocenters. The fraction of sp³-hybridized carbons (Fsp3) is 0.320. The quantitative estimate of drug-likeness (QED) is 0.137. The van der Waals surface area contributed by atoms with Gasteiger partial charge < -0.3 is 21.1 Å². The molecule has 8 heteroatoms. The van der Waals surface area contributed by atoms with E-state index < -0.39 is 18.1 Å². The number of hydrogen-bond donors (Lipinski definition) is 5. The Labute approximate surface area is 194 Å². The van der Waals surface area contributed by atoms with E-state index in [9.17, 15) is 14.7 Å². The number of nitrogens with zero attached hydrogens (tertiary/aromatic N) is 1. The molecule has 2 rings (SSSR count). The Hall–Kier alpha value is -3.67. The smallest absolute Gasteiger partial charge is 0.232 e. The lowest BCUT2D eigenvalue weighted by Crippen LogP contribution is -2.48. The molecule has 0 radical (unpaired) electrons. The lowest BCUT2D eigenvalue weighted by atomic mass is 10.0. The molecule has 0 aliphatic rings. The second-order valence-corrected chi connectivity index (χ2v) is 8.24. The zero-order valence-corrected chi connectivity index (χ0v) is 19.4. The van der Waals surface area contributed by atoms with Crippen molar-refractivity contribution < 1.29 is 14.7 Å². The molecule has 8 nitrogen and oxygen atoms in total. The number of aliphatic hydroxyl groups is 1. The summed E-state index contributed by atoms with van der Waals surface area (Å²) in [5.41, 5.74) is 13.5. The number of amides is 1. The number of anilines is 2. The Bertz CT molecular complexity index is 1100. The topological polar surface area (TPSA) is 146 Å². The van der Waals surface area contributed by atoms with Gasteiger partial charge in [-0.1, -0.05) is 11.8 Å². The van der Waals surface area contributed by atoms with Crippen LogP contribution in [0, 0.1) is 31.1 Å². The van der Waals surface area contributed by atoms with Gasteiger partial charge in [-0.3, -0.25) is 20.7 Å². The van der Waals surface area contributed by atoms with Crippen molar-refractivity contribution in [1.29, 1.82) is 5.41 Å². The van der Waals surface area contributed by atoms with E-state index in [-0.39, 0.29) is 18.2 Å². The van der Waals surface area contributed by atoms with Crippen LogP contribution in [-0.2, 0) is 9.59 Å². The molecule has 174 valence electrons. The van der Waals surface area contributed by atoms with E-state index in [4.69, 9.17) is 16.9 Å². The van der Waals surface area contributed by atoms with Gasteiger partial charge in [-0.25, -0.2) is 0 Å². The van der Waals surface area contributed by atoms with Crippen LogP contribution in [0.5, 0.6) is 0 Å². The summed E-state index contributed by atoms with van der Waals surface area (Å²) in [5.74, 6) is 5.82. The van der Waals surface area contributed by atoms with Gasteiger partial charge in [0.1, 0.15) is 5.84 Å². The average molecular weight is 450 g/mol. The van der Waals surface area contributed by atoms with E-state index in [0.29, 0.717) is 17.8 Å². The highest BCUT2D eigenvalue weighted by Crippen LogP contribution is 2.27. The van der Waals surface area contributed by atoms with Crippen LogP contribution in [0.1, 0.15) is 42.5 Å². The second kappa shape index (κ2) is 10.8. The van der Waals surface area contributed by atoms with Crippen molar-refractivity contribution in [1.82, 2.24) is 0 Å². The maximum Gasteiger partial charge on any atom is 0.232 e. The van der Waals surface area contributed by atoms with Crippen LogP contribution in [0.3, 0.4) is 0 Å². The van der Waals surface area contributed by atoms with Gasteiger partial charge in [0.15, 0.2) is 12.0 Å². The normalized spacial score (nSPS) is 12.3. The van der Waals surface area contributed by atoms with E-state index in [1.165, 1.54) is 4.90 Å². The number of nitrogens with one attached hydrogen (secondary N) is 2. The summed E-state index contributed by atoms with van der Waals surface area (Å²) in [7, 11) is 0. The van der Waals surface area contributed by atoms with Gasteiger partial charge in [-0.05, 0) is 75.2 Å². The number of hydrogen-bond acceptors (Lipinski definition) is 6. The van der Waals surface area contributed by atoms with Crippen molar-refractivity contribution in [3.05, 3.63) is 58.7 Å². The zero-order valence-electron chi connectivity index (χ0n) is 19.4. The lowest BCUT2D eigenvalue weighted by molar-refractivity contribution is -0.132. The van der Waals surface area contributed by atoms with E-state index in [1.54, 1.807) is 12.1 Å². The first-order valence-electron chi connectivity index (χ1n) is 10.5. The number of benzene rings is 2. The van der Waals surface area contributed by atoms with Gasteiger partial charge in [0.05, 0.1) is 13.0 Å². The number of carbonyl (C=O) groups excluding carboxylic acids is 2. The fourth-order valence-corrected chi connectivity index (χ4v) is 3.32. The first-order chi connectivity index (χ1) is 15.4. The van der Waals surface area contributed by atoms with Crippen LogP contribution < -0.4 is 21.7 Å². The maximum atomic E-state index is 12.8. The van der Waals surface area contributed by atoms with E-state index in [0.717, 1.165) is 22.4 Å². The van der Waals surface area contributed by atoms with Gasteiger partial charge >= 0.3 is 0 Å². The fourth-order valence-electron chi connectivity index (χ4n) is 3.32. The molecule has 0 heterocycles. The SMILES string of the molecule is Cc1cc(N(C(=O)CC(N)(O)C=O)C(C)C)c(C)cc1C#CCNc1ccc(C(=N)N)cc1. The Balaban J connectivity index is 2.18. The predicted octanol–water partition coefficient (Wildman–Crippen LogP) is 2.03. The summed E-state index contributed by atoms with van der Waals surface area (Å²) in [5, 5.41) is 20.4. The molecular formula is C25H31N5O3. The molecule has 2 aromatic carbocycles. The minimum absolute atomic E-state index is 0.0239. The van der Waals surface area contributed by atoms with Crippen LogP contribution in [-0.4, -0.2) is 41.4 Å². The molecule has 0 fully saturated rings. The Morgan fingerprint density at radius 1 is 1.24 bits per heavy atom. The standard InChI is InChI=1S/C25H31N5O3/c1-16(2)30(23(32)14-25(28,33)15-31)22-13-17(3)20(12-18(22)4)6-5-11-29-21-9-7-19(8-10-21)24(26)27/h7-10,12-13,15-16,29,33H,11,14,28H2,1-4H3,(H3,26,27). The maximum absolute atomic E-state index is 12.8. The van der Waals surface area contributed by atoms with Gasteiger partial charge in [-0.15, -0.1) is 0 Å². The Morgan fingerprint density at radius 2 is 1.88 bits per heavy atom. The monoisotopic (exact) mass is 449 g/mol. The summed E-state index contributed by atoms with van der Waals surface area (Å²) in [4.78, 5) is 25.3. The first-order valence-corrected chi connectivity index (χ1v) is 10.5. The third-order valence-corrected chi connectivity index (χ3v) is 5.03. The molecule has 0 saturated carbocycles. The summed E-state index contributed by atoms with van der Waals surface area (Å²) in [6.07, 6.45) is -0.334. The van der Waals surface area contributed by atoms with Crippen molar-refractivity contribution in [3.8, 4) is 11.8 Å². The molecule has 1 amide bonds. The van der Waals surface area contributed by atoms with Crippen LogP contribution >= 0.6 is 0 Å². The van der Waals surface area contributed by atoms with Crippen molar-refractivity contribution in [2.45, 2.75) is 45.9 Å². The highest BCUT2D eigenvalue weighted by Gasteiger charge is 2.30. The predicted molar refractivity (Wildman–Crippen MR) is 131 cm³/mol. The highest BCUT2D eigenvalue weighted by atomic mass is 16.3. The number of carbonyl (C=O) groups is 2. The molecule has 0 spiro atoms. The minimum atomic E-state index is -2.20. The van der Waals surface area contributed by atoms with Gasteiger partial charge in [0.25, 0.3) is 0 Å². The molecule has 33 heavy (non-hydrogen) atoms. The number of amidine groups is 1. The first kappa shape index (κ1) is 25.6. The molecule has 0 saturated heterocycles. The number of nitrogens with two attached hydrogens (primary N) is 2. The van der Waals surface area contributed by atoms with Gasteiger partial charge in [-0.2, -0.15) is 0 Å². The third kappa shape index (κ3) is 6.91. The van der Waals surface area contributed by atoms with E-state index >= 15 is 0 Å². The second-order valence-electron chi connectivity index (χ2n) is 8.24. The Morgan fingerprint density at radius 3 is 2.42 bits per heavy atom. The van der Waals surface area contributed by atoms with Crippen LogP contribution in [0.25, 0.3) is 0 Å². The molecule has 1 unspecified atom stereocenters. The van der Waals surface area contributed by atoms with Crippen LogP contribution in [0.2, 0.25) is 0 Å². The summed E-state index contributed by atoms with van der Waals surface area (Å²) in [6, 6.07) is 10.8. The molecule has 0 aromatic heterocycles. The molecule has 0 aliphatic carbocycles. The summed E-state index contributed by atoms with van der Waals surface area (Å²) >= 11 is 0. The van der Waals surface area contributed by atoms with E-state index in [2.05, 4.69) is 17.2 Å². The third-order valence-electron chi connectivity index (χ3n) is 5.03. The summed E-state index contributed by atoms with van der Waals surface area (Å²) < 4.78 is 0.